The van der Waals surface area contributed by atoms with Crippen LogP contribution < -0.4 is 4.74 Å². The van der Waals surface area contributed by atoms with Crippen LogP contribution in [0.15, 0.2) is 60.7 Å². The molecular formula is C19H19NO4S. The lowest BCUT2D eigenvalue weighted by atomic mass is 10.2. The molecule has 0 spiro atoms. The monoisotopic (exact) mass is 357 g/mol. The lowest BCUT2D eigenvalue weighted by molar-refractivity contribution is 0.0587. The summed E-state index contributed by atoms with van der Waals surface area (Å²) in [5, 5.41) is 0. The van der Waals surface area contributed by atoms with Crippen LogP contribution in [0.5, 0.6) is 5.75 Å². The maximum Gasteiger partial charge on any atom is 0.360 e. The second kappa shape index (κ2) is 8.94. The Morgan fingerprint density at radius 3 is 2.64 bits per heavy atom. The number of ether oxygens (including phenoxy) is 3. The quantitative estimate of drug-likeness (QED) is 0.399. The number of benzene rings is 1. The van der Waals surface area contributed by atoms with Crippen molar-refractivity contribution in [3.05, 3.63) is 72.8 Å². The fourth-order valence-electron chi connectivity index (χ4n) is 2.07. The summed E-state index contributed by atoms with van der Waals surface area (Å²) >= 11 is 1.43. The van der Waals surface area contributed by atoms with Crippen molar-refractivity contribution in [2.45, 2.75) is 11.5 Å². The van der Waals surface area contributed by atoms with Gasteiger partial charge in [0.15, 0.2) is 11.4 Å². The molecule has 1 heterocycles. The van der Waals surface area contributed by atoms with Gasteiger partial charge in [-0.3, -0.25) is 0 Å². The average molecular weight is 357 g/mol. The molecule has 1 aromatic heterocycles. The molecule has 0 aliphatic carbocycles. The van der Waals surface area contributed by atoms with Gasteiger partial charge in [-0.2, -0.15) is 0 Å². The number of methoxy groups -OCH3 is 1. The summed E-state index contributed by atoms with van der Waals surface area (Å²) in [7, 11) is 1.30. The molecule has 0 saturated heterocycles. The van der Waals surface area contributed by atoms with E-state index in [-0.39, 0.29) is 11.5 Å². The van der Waals surface area contributed by atoms with E-state index in [4.69, 9.17) is 14.2 Å². The van der Waals surface area contributed by atoms with Crippen LogP contribution in [0, 0.1) is 0 Å². The highest BCUT2D eigenvalue weighted by atomic mass is 32.2. The van der Waals surface area contributed by atoms with E-state index in [1.165, 1.54) is 25.1 Å². The summed E-state index contributed by atoms with van der Waals surface area (Å²) in [6.07, 6.45) is 3.13. The number of carbonyl (C=O) groups excluding carboxylic acids is 1. The molecule has 0 unspecified atom stereocenters. The predicted octanol–water partition coefficient (Wildman–Crippen LogP) is 4.30. The number of nitrogens with zero attached hydrogens (tertiary/aromatic N) is 1. The van der Waals surface area contributed by atoms with E-state index in [1.807, 2.05) is 36.6 Å². The second-order valence-corrected chi connectivity index (χ2v) is 5.71. The number of hydrogen-bond donors (Lipinski definition) is 0. The van der Waals surface area contributed by atoms with Gasteiger partial charge in [0, 0.05) is 0 Å². The fraction of sp³-hybridized carbons (Fsp3) is 0.158. The molecule has 130 valence electrons. The first-order valence-corrected chi connectivity index (χ1v) is 8.64. The SMILES string of the molecule is C=COC(=C)c1cc(SC)c(OCc2ccccc2)c(C(=O)OC)n1. The van der Waals surface area contributed by atoms with E-state index in [9.17, 15) is 4.79 Å². The lowest BCUT2D eigenvalue weighted by Gasteiger charge is -2.15. The second-order valence-electron chi connectivity index (χ2n) is 4.86. The summed E-state index contributed by atoms with van der Waals surface area (Å²) in [5.74, 6) is 0.0648. The number of carbonyl (C=O) groups is 1. The Morgan fingerprint density at radius 1 is 1.32 bits per heavy atom. The van der Waals surface area contributed by atoms with Crippen molar-refractivity contribution in [3.63, 3.8) is 0 Å². The van der Waals surface area contributed by atoms with E-state index < -0.39 is 5.97 Å². The molecule has 0 amide bonds. The Kier molecular flexibility index (Phi) is 6.65. The lowest BCUT2D eigenvalue weighted by Crippen LogP contribution is -2.11. The van der Waals surface area contributed by atoms with Crippen molar-refractivity contribution in [1.29, 1.82) is 0 Å². The van der Waals surface area contributed by atoms with Crippen LogP contribution in [0.2, 0.25) is 0 Å². The van der Waals surface area contributed by atoms with Gasteiger partial charge in [0.05, 0.1) is 18.3 Å². The smallest absolute Gasteiger partial charge is 0.360 e. The van der Waals surface area contributed by atoms with E-state index in [2.05, 4.69) is 18.1 Å². The van der Waals surface area contributed by atoms with Crippen molar-refractivity contribution < 1.29 is 19.0 Å². The van der Waals surface area contributed by atoms with Gasteiger partial charge in [0.1, 0.15) is 18.1 Å². The summed E-state index contributed by atoms with van der Waals surface area (Å²) in [4.78, 5) is 17.2. The normalized spacial score (nSPS) is 10.0. The Balaban J connectivity index is 2.43. The largest absolute Gasteiger partial charge is 0.485 e. The van der Waals surface area contributed by atoms with Gasteiger partial charge < -0.3 is 14.2 Å². The third-order valence-corrected chi connectivity index (χ3v) is 4.02. The zero-order valence-electron chi connectivity index (χ0n) is 14.2. The maximum atomic E-state index is 12.2. The molecule has 1 aromatic carbocycles. The molecule has 25 heavy (non-hydrogen) atoms. The number of rotatable bonds is 8. The third kappa shape index (κ3) is 4.64. The van der Waals surface area contributed by atoms with Crippen molar-refractivity contribution >= 4 is 23.5 Å². The predicted molar refractivity (Wildman–Crippen MR) is 98.4 cm³/mol. The van der Waals surface area contributed by atoms with E-state index in [1.54, 1.807) is 6.07 Å². The highest BCUT2D eigenvalue weighted by Crippen LogP contribution is 2.34. The van der Waals surface area contributed by atoms with Crippen molar-refractivity contribution in [2.24, 2.45) is 0 Å². The molecule has 0 aliphatic heterocycles. The molecule has 0 saturated carbocycles. The van der Waals surface area contributed by atoms with Crippen molar-refractivity contribution in [1.82, 2.24) is 4.98 Å². The van der Waals surface area contributed by atoms with Crippen LogP contribution in [0.25, 0.3) is 5.76 Å². The molecule has 0 bridgehead atoms. The van der Waals surface area contributed by atoms with Gasteiger partial charge in [-0.05, 0) is 17.9 Å². The number of pyridine rings is 1. The Bertz CT molecular complexity index is 774. The topological polar surface area (TPSA) is 57.7 Å². The highest BCUT2D eigenvalue weighted by Gasteiger charge is 2.22. The van der Waals surface area contributed by atoms with Crippen LogP contribution >= 0.6 is 11.8 Å². The van der Waals surface area contributed by atoms with Crippen LogP contribution in [-0.2, 0) is 16.1 Å². The number of esters is 1. The standard InChI is InChI=1S/C19H19NO4S/c1-5-23-13(2)15-11-16(25-4)18(17(20-15)19(21)22-3)24-12-14-9-7-6-8-10-14/h5-11H,1-2,12H2,3-4H3. The van der Waals surface area contributed by atoms with Gasteiger partial charge in [0.25, 0.3) is 0 Å². The first-order chi connectivity index (χ1) is 12.1. The Hall–Kier alpha value is -2.73. The number of hydrogen-bond acceptors (Lipinski definition) is 6. The molecule has 6 heteroatoms. The average Bonchev–Trinajstić information content (AvgIpc) is 2.66. The maximum absolute atomic E-state index is 12.2. The van der Waals surface area contributed by atoms with Gasteiger partial charge in [0.2, 0.25) is 0 Å². The van der Waals surface area contributed by atoms with Gasteiger partial charge in [-0.1, -0.05) is 43.5 Å². The van der Waals surface area contributed by atoms with Crippen molar-refractivity contribution in [2.75, 3.05) is 13.4 Å². The molecule has 2 aromatic rings. The molecule has 5 nitrogen and oxygen atoms in total. The van der Waals surface area contributed by atoms with Crippen LogP contribution in [0.4, 0.5) is 0 Å². The van der Waals surface area contributed by atoms with E-state index in [0.717, 1.165) is 10.5 Å². The van der Waals surface area contributed by atoms with E-state index >= 15 is 0 Å². The minimum atomic E-state index is -0.591. The molecule has 0 radical (unpaired) electrons. The van der Waals surface area contributed by atoms with Gasteiger partial charge in [-0.15, -0.1) is 11.8 Å². The molecule has 0 fully saturated rings. The van der Waals surface area contributed by atoms with Crippen LogP contribution in [-0.4, -0.2) is 24.3 Å². The first kappa shape index (κ1) is 18.6. The molecule has 0 atom stereocenters. The first-order valence-electron chi connectivity index (χ1n) is 7.41. The summed E-state index contributed by atoms with van der Waals surface area (Å²) in [5.41, 5.74) is 1.47. The minimum Gasteiger partial charge on any atom is -0.485 e. The van der Waals surface area contributed by atoms with Crippen LogP contribution in [0.1, 0.15) is 21.7 Å². The number of thioether (sulfide) groups is 1. The third-order valence-electron chi connectivity index (χ3n) is 3.27. The minimum absolute atomic E-state index is 0.0779. The summed E-state index contributed by atoms with van der Waals surface area (Å²) in [6, 6.07) is 11.4. The van der Waals surface area contributed by atoms with E-state index in [0.29, 0.717) is 18.1 Å². The van der Waals surface area contributed by atoms with Crippen molar-refractivity contribution in [3.8, 4) is 5.75 Å². The molecule has 2 rings (SSSR count). The molecular weight excluding hydrogens is 338 g/mol. The Labute approximate surface area is 151 Å². The molecule has 0 N–H and O–H groups in total. The van der Waals surface area contributed by atoms with Gasteiger partial charge >= 0.3 is 5.97 Å². The number of aromatic nitrogens is 1. The van der Waals surface area contributed by atoms with Gasteiger partial charge in [-0.25, -0.2) is 9.78 Å². The molecule has 0 aliphatic rings. The zero-order valence-corrected chi connectivity index (χ0v) is 15.0. The summed E-state index contributed by atoms with van der Waals surface area (Å²) < 4.78 is 15.9. The highest BCUT2D eigenvalue weighted by molar-refractivity contribution is 7.98. The van der Waals surface area contributed by atoms with Crippen LogP contribution in [0.3, 0.4) is 0 Å². The zero-order chi connectivity index (χ0) is 18.2. The summed E-state index contributed by atoms with van der Waals surface area (Å²) in [6.45, 7) is 7.58. The Morgan fingerprint density at radius 2 is 2.04 bits per heavy atom. The fourth-order valence-corrected chi connectivity index (χ4v) is 2.64.